The van der Waals surface area contributed by atoms with Gasteiger partial charge in [0.1, 0.15) is 24.4 Å². The molecule has 1 heterocycles. The van der Waals surface area contributed by atoms with Crippen LogP contribution in [0.3, 0.4) is 0 Å². The number of aliphatic hydroxyl groups is 1. The third kappa shape index (κ3) is 13.0. The summed E-state index contributed by atoms with van der Waals surface area (Å²) in [6.45, 7) is 1.27. The van der Waals surface area contributed by atoms with Crippen LogP contribution in [0.2, 0.25) is 0 Å². The van der Waals surface area contributed by atoms with Gasteiger partial charge in [-0.1, -0.05) is 158 Å². The Morgan fingerprint density at radius 2 is 1.11 bits per heavy atom. The van der Waals surface area contributed by atoms with Crippen LogP contribution in [0.25, 0.3) is 10.8 Å². The number of hydrogen-bond acceptors (Lipinski definition) is 9. The van der Waals surface area contributed by atoms with Crippen molar-refractivity contribution in [3.8, 4) is 0 Å². The van der Waals surface area contributed by atoms with E-state index in [0.29, 0.717) is 26.1 Å². The molecule has 1 N–H and O–H groups in total. The summed E-state index contributed by atoms with van der Waals surface area (Å²) in [6, 6.07) is 54.4. The normalized spacial score (nSPS) is 18.9. The number of benzene rings is 6. The molecule has 1 amide bonds. The van der Waals surface area contributed by atoms with E-state index in [1.807, 2.05) is 133 Å². The van der Waals surface area contributed by atoms with E-state index in [1.165, 1.54) is 4.90 Å². The minimum atomic E-state index is -1.13. The minimum absolute atomic E-state index is 0.0546. The van der Waals surface area contributed by atoms with Crippen LogP contribution in [0.15, 0.2) is 164 Å². The summed E-state index contributed by atoms with van der Waals surface area (Å²) in [5.74, 6) is 0. The topological polar surface area (TPSA) is 105 Å². The van der Waals surface area contributed by atoms with Crippen LogP contribution in [-0.4, -0.2) is 86.3 Å². The van der Waals surface area contributed by atoms with Crippen LogP contribution in [0.1, 0.15) is 34.2 Å². The largest absolute Gasteiger partial charge is 0.438 e. The Balaban J connectivity index is 1.17. The van der Waals surface area contributed by atoms with Crippen molar-refractivity contribution in [2.75, 3.05) is 27.3 Å². The Labute approximate surface area is 364 Å². The van der Waals surface area contributed by atoms with Crippen molar-refractivity contribution in [2.45, 2.75) is 82.2 Å². The van der Waals surface area contributed by atoms with Crippen molar-refractivity contribution in [3.05, 3.63) is 192 Å². The molecule has 0 saturated carbocycles. The molecule has 0 spiro atoms. The van der Waals surface area contributed by atoms with Gasteiger partial charge in [0.05, 0.1) is 45.7 Å². The molecule has 7 rings (SSSR count). The van der Waals surface area contributed by atoms with E-state index in [2.05, 4.69) is 30.3 Å². The van der Waals surface area contributed by atoms with Crippen LogP contribution >= 0.6 is 0 Å². The number of aryl methyl sites for hydroxylation is 1. The van der Waals surface area contributed by atoms with Crippen LogP contribution in [-0.2, 0) is 66.0 Å². The molecule has 1 aliphatic rings. The zero-order chi connectivity index (χ0) is 42.9. The van der Waals surface area contributed by atoms with Crippen molar-refractivity contribution < 1.29 is 43.1 Å². The highest BCUT2D eigenvalue weighted by Gasteiger charge is 2.48. The summed E-state index contributed by atoms with van der Waals surface area (Å²) in [7, 11) is 3.18. The van der Waals surface area contributed by atoms with E-state index in [-0.39, 0.29) is 26.4 Å². The number of fused-ring (bicyclic) bond motifs is 1. The Morgan fingerprint density at radius 3 is 1.69 bits per heavy atom. The first-order valence-electron chi connectivity index (χ1n) is 21.3. The molecular formula is C52H57NO9. The fourth-order valence-electron chi connectivity index (χ4n) is 7.44. The zero-order valence-corrected chi connectivity index (χ0v) is 35.4. The van der Waals surface area contributed by atoms with Gasteiger partial charge in [-0.05, 0) is 57.5 Å². The van der Waals surface area contributed by atoms with Gasteiger partial charge in [0.2, 0.25) is 0 Å². The van der Waals surface area contributed by atoms with E-state index in [1.54, 1.807) is 14.1 Å². The lowest BCUT2D eigenvalue weighted by atomic mass is 10.0. The molecule has 1 fully saturated rings. The van der Waals surface area contributed by atoms with E-state index in [0.717, 1.165) is 38.6 Å². The maximum Gasteiger partial charge on any atom is 0.409 e. The van der Waals surface area contributed by atoms with Gasteiger partial charge in [0.25, 0.3) is 0 Å². The van der Waals surface area contributed by atoms with Crippen LogP contribution < -0.4 is 0 Å². The lowest BCUT2D eigenvalue weighted by Gasteiger charge is -2.34. The quantitative estimate of drug-likeness (QED) is 0.0718. The molecule has 10 heteroatoms. The highest BCUT2D eigenvalue weighted by atomic mass is 16.7. The Kier molecular flexibility index (Phi) is 16.7. The molecule has 7 atom stereocenters. The number of carbonyl (C=O) groups excluding carboxylic acids is 1. The van der Waals surface area contributed by atoms with E-state index in [4.69, 9.17) is 33.2 Å². The van der Waals surface area contributed by atoms with E-state index >= 15 is 0 Å². The van der Waals surface area contributed by atoms with Gasteiger partial charge in [-0.25, -0.2) is 4.79 Å². The fraction of sp³-hybridized carbons (Fsp3) is 0.327. The summed E-state index contributed by atoms with van der Waals surface area (Å²) in [5, 5.41) is 13.9. The SMILES string of the molecule is CN(C)C(=O)OC1C(OCC(OCc2ccccc2)C(OCc2ccccc2)C(COCc2ccc3ccccc3c2)OCc2ccccc2)OC(CCc2ccccc2)C1O. The Hall–Kier alpha value is -5.43. The van der Waals surface area contributed by atoms with Gasteiger partial charge >= 0.3 is 6.09 Å². The molecule has 1 saturated heterocycles. The first kappa shape index (κ1) is 44.6. The second kappa shape index (κ2) is 23.1. The summed E-state index contributed by atoms with van der Waals surface area (Å²) >= 11 is 0. The van der Waals surface area contributed by atoms with Gasteiger partial charge in [0.15, 0.2) is 12.4 Å². The molecule has 10 nitrogen and oxygen atoms in total. The minimum Gasteiger partial charge on any atom is -0.438 e. The van der Waals surface area contributed by atoms with Gasteiger partial charge in [0, 0.05) is 14.1 Å². The van der Waals surface area contributed by atoms with Crippen molar-refractivity contribution >= 4 is 16.9 Å². The maximum atomic E-state index is 13.0. The van der Waals surface area contributed by atoms with Gasteiger partial charge in [-0.15, -0.1) is 0 Å². The first-order valence-corrected chi connectivity index (χ1v) is 21.3. The molecule has 1 aliphatic heterocycles. The van der Waals surface area contributed by atoms with Gasteiger partial charge in [-0.2, -0.15) is 0 Å². The molecular weight excluding hydrogens is 783 g/mol. The fourth-order valence-corrected chi connectivity index (χ4v) is 7.44. The highest BCUT2D eigenvalue weighted by molar-refractivity contribution is 5.82. The number of rotatable bonds is 22. The first-order chi connectivity index (χ1) is 30.4. The van der Waals surface area contributed by atoms with E-state index in [9.17, 15) is 9.90 Å². The van der Waals surface area contributed by atoms with Gasteiger partial charge in [-0.3, -0.25) is 0 Å². The molecule has 324 valence electrons. The predicted molar refractivity (Wildman–Crippen MR) is 238 cm³/mol. The summed E-state index contributed by atoms with van der Waals surface area (Å²) in [4.78, 5) is 14.3. The Bertz CT molecular complexity index is 2210. The zero-order valence-electron chi connectivity index (χ0n) is 35.4. The highest BCUT2D eigenvalue weighted by Crippen LogP contribution is 2.30. The van der Waals surface area contributed by atoms with Crippen LogP contribution in [0.5, 0.6) is 0 Å². The summed E-state index contributed by atoms with van der Waals surface area (Å²) < 4.78 is 45.7. The lowest BCUT2D eigenvalue weighted by molar-refractivity contribution is -0.217. The third-order valence-electron chi connectivity index (χ3n) is 10.9. The van der Waals surface area contributed by atoms with Crippen molar-refractivity contribution in [1.82, 2.24) is 4.90 Å². The second-order valence-corrected chi connectivity index (χ2v) is 15.8. The number of ether oxygens (including phenoxy) is 7. The second-order valence-electron chi connectivity index (χ2n) is 15.8. The van der Waals surface area contributed by atoms with Crippen molar-refractivity contribution in [3.63, 3.8) is 0 Å². The average molecular weight is 840 g/mol. The molecule has 6 aromatic rings. The van der Waals surface area contributed by atoms with Crippen molar-refractivity contribution in [1.29, 1.82) is 0 Å². The number of carbonyl (C=O) groups is 1. The molecule has 0 aliphatic carbocycles. The maximum absolute atomic E-state index is 13.0. The molecule has 6 aromatic carbocycles. The van der Waals surface area contributed by atoms with Crippen LogP contribution in [0.4, 0.5) is 4.79 Å². The monoisotopic (exact) mass is 839 g/mol. The lowest BCUT2D eigenvalue weighted by Crippen LogP contribution is -2.48. The number of nitrogens with zero attached hydrogens (tertiary/aromatic N) is 1. The number of amides is 1. The van der Waals surface area contributed by atoms with Crippen LogP contribution in [0, 0.1) is 0 Å². The molecule has 0 aromatic heterocycles. The third-order valence-corrected chi connectivity index (χ3v) is 10.9. The standard InChI is InChI=1S/C52H57NO9/c1-53(2)52(55)62-50-48(54)45(30-28-38-17-7-3-8-18-38)61-51(50)60-37-47(58-34-40-21-11-5-12-22-40)49(59-35-41-23-13-6-14-24-41)46(57-33-39-19-9-4-10-20-39)36-56-32-42-27-29-43-25-15-16-26-44(43)31-42/h3-27,29,31,45-51,54H,28,30,32-37H2,1-2H3. The molecule has 0 radical (unpaired) electrons. The van der Waals surface area contributed by atoms with E-state index < -0.39 is 49.0 Å². The Morgan fingerprint density at radius 1 is 0.597 bits per heavy atom. The van der Waals surface area contributed by atoms with Crippen molar-refractivity contribution in [2.24, 2.45) is 0 Å². The molecule has 62 heavy (non-hydrogen) atoms. The van der Waals surface area contributed by atoms with Gasteiger partial charge < -0.3 is 43.2 Å². The smallest absolute Gasteiger partial charge is 0.409 e. The number of aliphatic hydroxyl groups excluding tert-OH is 1. The average Bonchev–Trinajstić information content (AvgIpc) is 3.61. The number of hydrogen-bond donors (Lipinski definition) is 1. The predicted octanol–water partition coefficient (Wildman–Crippen LogP) is 8.91. The summed E-state index contributed by atoms with van der Waals surface area (Å²) in [6.07, 6.45) is -5.58. The summed E-state index contributed by atoms with van der Waals surface area (Å²) in [5.41, 5.74) is 5.06. The molecule has 0 bridgehead atoms. The molecule has 7 unspecified atom stereocenters.